The van der Waals surface area contributed by atoms with Crippen molar-refractivity contribution in [1.29, 1.82) is 0 Å². The van der Waals surface area contributed by atoms with Gasteiger partial charge in [-0.25, -0.2) is 4.72 Å². The summed E-state index contributed by atoms with van der Waals surface area (Å²) in [7, 11) is -3.39. The summed E-state index contributed by atoms with van der Waals surface area (Å²) in [5.41, 5.74) is 1.65. The molecule has 0 fully saturated rings. The van der Waals surface area contributed by atoms with E-state index in [0.717, 1.165) is 11.1 Å². The molecule has 0 aromatic heterocycles. The van der Waals surface area contributed by atoms with Crippen LogP contribution in [0.1, 0.15) is 18.1 Å². The molecule has 0 heterocycles. The van der Waals surface area contributed by atoms with Crippen molar-refractivity contribution in [1.82, 2.24) is 9.44 Å². The van der Waals surface area contributed by atoms with Crippen molar-refractivity contribution >= 4 is 10.2 Å². The highest BCUT2D eigenvalue weighted by molar-refractivity contribution is 7.87. The van der Waals surface area contributed by atoms with Crippen LogP contribution >= 0.6 is 0 Å². The first-order valence-electron chi connectivity index (χ1n) is 5.00. The van der Waals surface area contributed by atoms with E-state index in [-0.39, 0.29) is 13.2 Å². The van der Waals surface area contributed by atoms with Crippen LogP contribution in [0.15, 0.2) is 24.3 Å². The summed E-state index contributed by atoms with van der Waals surface area (Å²) in [6.07, 6.45) is 0. The van der Waals surface area contributed by atoms with Crippen molar-refractivity contribution in [2.75, 3.05) is 6.54 Å². The molecule has 0 radical (unpaired) electrons. The van der Waals surface area contributed by atoms with E-state index in [9.17, 15) is 8.42 Å². The van der Waals surface area contributed by atoms with E-state index in [2.05, 4.69) is 9.44 Å². The Balaban J connectivity index is 2.54. The van der Waals surface area contributed by atoms with Gasteiger partial charge in [0.25, 0.3) is 10.2 Å². The van der Waals surface area contributed by atoms with Crippen molar-refractivity contribution in [2.24, 2.45) is 0 Å². The molecule has 0 amide bonds. The Kier molecular flexibility index (Phi) is 4.88. The maximum Gasteiger partial charge on any atom is 0.277 e. The summed E-state index contributed by atoms with van der Waals surface area (Å²) >= 11 is 0. The van der Waals surface area contributed by atoms with Crippen LogP contribution in [0.25, 0.3) is 0 Å². The topological polar surface area (TPSA) is 78.4 Å². The van der Waals surface area contributed by atoms with Crippen LogP contribution < -0.4 is 9.44 Å². The third kappa shape index (κ3) is 4.28. The minimum absolute atomic E-state index is 0.0105. The van der Waals surface area contributed by atoms with Crippen LogP contribution in [-0.4, -0.2) is 20.1 Å². The minimum Gasteiger partial charge on any atom is -0.392 e. The van der Waals surface area contributed by atoms with Crippen LogP contribution in [-0.2, 0) is 23.4 Å². The molecule has 0 aliphatic rings. The Morgan fingerprint density at radius 3 is 2.19 bits per heavy atom. The highest BCUT2D eigenvalue weighted by atomic mass is 32.2. The zero-order valence-corrected chi connectivity index (χ0v) is 9.92. The molecule has 16 heavy (non-hydrogen) atoms. The molecule has 1 rings (SSSR count). The first-order chi connectivity index (χ1) is 7.57. The van der Waals surface area contributed by atoms with E-state index in [1.165, 1.54) is 0 Å². The first-order valence-corrected chi connectivity index (χ1v) is 6.48. The van der Waals surface area contributed by atoms with Gasteiger partial charge in [0.05, 0.1) is 6.61 Å². The highest BCUT2D eigenvalue weighted by Crippen LogP contribution is 2.04. The van der Waals surface area contributed by atoms with E-state index in [1.807, 2.05) is 0 Å². The Labute approximate surface area is 95.7 Å². The van der Waals surface area contributed by atoms with E-state index >= 15 is 0 Å². The average molecular weight is 244 g/mol. The minimum atomic E-state index is -3.39. The van der Waals surface area contributed by atoms with Gasteiger partial charge in [-0.05, 0) is 11.1 Å². The van der Waals surface area contributed by atoms with Gasteiger partial charge in [0.15, 0.2) is 0 Å². The molecule has 1 aromatic rings. The fraction of sp³-hybridized carbons (Fsp3) is 0.400. The number of aliphatic hydroxyl groups excluding tert-OH is 1. The van der Waals surface area contributed by atoms with Crippen LogP contribution in [0.2, 0.25) is 0 Å². The fourth-order valence-corrected chi connectivity index (χ4v) is 2.02. The third-order valence-electron chi connectivity index (χ3n) is 2.01. The molecule has 5 nitrogen and oxygen atoms in total. The van der Waals surface area contributed by atoms with Gasteiger partial charge in [-0.3, -0.25) is 0 Å². The third-order valence-corrected chi connectivity index (χ3v) is 3.20. The number of aliphatic hydroxyl groups is 1. The molecule has 0 saturated heterocycles. The summed E-state index contributed by atoms with van der Waals surface area (Å²) in [4.78, 5) is 0. The second-order valence-corrected chi connectivity index (χ2v) is 4.88. The maximum atomic E-state index is 11.3. The lowest BCUT2D eigenvalue weighted by Crippen LogP contribution is -2.35. The molecule has 0 saturated carbocycles. The van der Waals surface area contributed by atoms with E-state index in [4.69, 9.17) is 5.11 Å². The summed E-state index contributed by atoms with van der Waals surface area (Å²) < 4.78 is 27.3. The van der Waals surface area contributed by atoms with Crippen molar-refractivity contribution in [3.05, 3.63) is 35.4 Å². The Bertz CT molecular complexity index is 414. The molecule has 0 aliphatic carbocycles. The summed E-state index contributed by atoms with van der Waals surface area (Å²) in [6.45, 7) is 2.30. The zero-order chi connectivity index (χ0) is 12.0. The van der Waals surface area contributed by atoms with Crippen LogP contribution in [0, 0.1) is 0 Å². The summed E-state index contributed by atoms with van der Waals surface area (Å²) in [5, 5.41) is 8.84. The lowest BCUT2D eigenvalue weighted by atomic mass is 10.1. The van der Waals surface area contributed by atoms with Crippen LogP contribution in [0.3, 0.4) is 0 Å². The van der Waals surface area contributed by atoms with Gasteiger partial charge < -0.3 is 5.11 Å². The van der Waals surface area contributed by atoms with Crippen LogP contribution in [0.5, 0.6) is 0 Å². The van der Waals surface area contributed by atoms with Crippen molar-refractivity contribution < 1.29 is 13.5 Å². The highest BCUT2D eigenvalue weighted by Gasteiger charge is 2.06. The molecule has 0 spiro atoms. The Morgan fingerprint density at radius 2 is 1.69 bits per heavy atom. The van der Waals surface area contributed by atoms with Gasteiger partial charge >= 0.3 is 0 Å². The maximum absolute atomic E-state index is 11.3. The predicted molar refractivity (Wildman–Crippen MR) is 61.8 cm³/mol. The average Bonchev–Trinajstić information content (AvgIpc) is 2.27. The Hall–Kier alpha value is -0.950. The lowest BCUT2D eigenvalue weighted by Gasteiger charge is -2.06. The molecule has 1 aromatic carbocycles. The van der Waals surface area contributed by atoms with Gasteiger partial charge in [-0.2, -0.15) is 13.1 Å². The van der Waals surface area contributed by atoms with E-state index in [1.54, 1.807) is 31.2 Å². The molecular formula is C10H16N2O3S. The standard InChI is InChI=1S/C10H16N2O3S/c1-2-11-16(14,15)12-7-9-3-5-10(8-13)6-4-9/h3-6,11-13H,2,7-8H2,1H3. The molecule has 0 atom stereocenters. The number of hydrogen-bond acceptors (Lipinski definition) is 3. The van der Waals surface area contributed by atoms with Gasteiger partial charge in [0, 0.05) is 13.1 Å². The summed E-state index contributed by atoms with van der Waals surface area (Å²) in [6, 6.07) is 7.08. The molecule has 0 aliphatic heterocycles. The smallest absolute Gasteiger partial charge is 0.277 e. The van der Waals surface area contributed by atoms with E-state index < -0.39 is 10.2 Å². The van der Waals surface area contributed by atoms with Crippen molar-refractivity contribution in [2.45, 2.75) is 20.1 Å². The largest absolute Gasteiger partial charge is 0.392 e. The molecule has 0 unspecified atom stereocenters. The van der Waals surface area contributed by atoms with Crippen LogP contribution in [0.4, 0.5) is 0 Å². The molecule has 6 heteroatoms. The molecule has 0 bridgehead atoms. The Morgan fingerprint density at radius 1 is 1.12 bits per heavy atom. The van der Waals surface area contributed by atoms with Gasteiger partial charge in [0.1, 0.15) is 0 Å². The second-order valence-electron chi connectivity index (χ2n) is 3.30. The van der Waals surface area contributed by atoms with Gasteiger partial charge in [-0.1, -0.05) is 31.2 Å². The molecular weight excluding hydrogens is 228 g/mol. The fourth-order valence-electron chi connectivity index (χ4n) is 1.18. The van der Waals surface area contributed by atoms with Crippen molar-refractivity contribution in [3.63, 3.8) is 0 Å². The number of benzene rings is 1. The summed E-state index contributed by atoms with van der Waals surface area (Å²) in [5.74, 6) is 0. The predicted octanol–water partition coefficient (Wildman–Crippen LogP) is 0.123. The monoisotopic (exact) mass is 244 g/mol. The van der Waals surface area contributed by atoms with E-state index in [0.29, 0.717) is 6.54 Å². The number of hydrogen-bond donors (Lipinski definition) is 3. The SMILES string of the molecule is CCNS(=O)(=O)NCc1ccc(CO)cc1. The number of nitrogens with one attached hydrogen (secondary N) is 2. The van der Waals surface area contributed by atoms with Crippen molar-refractivity contribution in [3.8, 4) is 0 Å². The first kappa shape index (κ1) is 13.1. The number of rotatable bonds is 6. The molecule has 90 valence electrons. The zero-order valence-electron chi connectivity index (χ0n) is 9.10. The second kappa shape index (κ2) is 5.95. The lowest BCUT2D eigenvalue weighted by molar-refractivity contribution is 0.282. The molecule has 3 N–H and O–H groups in total. The quantitative estimate of drug-likeness (QED) is 0.665. The van der Waals surface area contributed by atoms with Gasteiger partial charge in [0.2, 0.25) is 0 Å². The van der Waals surface area contributed by atoms with Gasteiger partial charge in [-0.15, -0.1) is 0 Å². The normalized spacial score (nSPS) is 11.6.